The number of ether oxygens (including phenoxy) is 3. The molecule has 4 aliphatic heterocycles. The van der Waals surface area contributed by atoms with Crippen molar-refractivity contribution in [3.05, 3.63) is 58.7 Å². The molecule has 4 aliphatic rings. The third-order valence-corrected chi connectivity index (χ3v) is 10.6. The molecule has 2 unspecified atom stereocenters. The summed E-state index contributed by atoms with van der Waals surface area (Å²) in [6, 6.07) is 13.1. The van der Waals surface area contributed by atoms with E-state index in [0.717, 1.165) is 6.42 Å². The van der Waals surface area contributed by atoms with Gasteiger partial charge in [0.1, 0.15) is 34.9 Å². The number of phosphoric acid groups is 1. The molecular weight excluding hydrogens is 651 g/mol. The predicted molar refractivity (Wildman–Crippen MR) is 174 cm³/mol. The molecule has 0 aliphatic carbocycles. The Balaban J connectivity index is 1.15. The molecule has 260 valence electrons. The maximum atomic E-state index is 13.4. The average molecular weight is 693 g/mol. The number of benzene rings is 2. The summed E-state index contributed by atoms with van der Waals surface area (Å²) in [5, 5.41) is 19.1. The van der Waals surface area contributed by atoms with Crippen LogP contribution in [0.3, 0.4) is 0 Å². The lowest BCUT2D eigenvalue weighted by Gasteiger charge is -2.47. The smallest absolute Gasteiger partial charge is 0.472 e. The summed E-state index contributed by atoms with van der Waals surface area (Å²) in [4.78, 5) is 40.2. The van der Waals surface area contributed by atoms with E-state index in [2.05, 4.69) is 12.1 Å². The van der Waals surface area contributed by atoms with E-state index in [9.17, 15) is 29.6 Å². The number of carbonyl (C=O) groups excluding carboxylic acids is 2. The number of amides is 2. The Hall–Kier alpha value is -3.97. The molecule has 1 N–H and O–H groups in total. The third-order valence-electron chi connectivity index (χ3n) is 9.58. The van der Waals surface area contributed by atoms with E-state index in [4.69, 9.17) is 23.3 Å². The molecule has 0 spiro atoms. The second-order valence-electron chi connectivity index (χ2n) is 13.9. The monoisotopic (exact) mass is 692 g/mol. The highest BCUT2D eigenvalue weighted by Crippen LogP contribution is 2.54. The number of fused-ring (bicyclic) bond motifs is 2. The van der Waals surface area contributed by atoms with Crippen LogP contribution in [-0.4, -0.2) is 76.2 Å². The van der Waals surface area contributed by atoms with E-state index >= 15 is 0 Å². The van der Waals surface area contributed by atoms with Gasteiger partial charge in [-0.05, 0) is 83.4 Å². The van der Waals surface area contributed by atoms with Crippen molar-refractivity contribution in [1.29, 1.82) is 10.5 Å². The van der Waals surface area contributed by atoms with Crippen LogP contribution in [0.15, 0.2) is 36.4 Å². The lowest BCUT2D eigenvalue weighted by Crippen LogP contribution is -2.55. The maximum absolute atomic E-state index is 13.4. The fraction of sp³-hybridized carbons (Fsp3) is 0.543. The van der Waals surface area contributed by atoms with Gasteiger partial charge in [-0.3, -0.25) is 18.6 Å². The molecule has 2 aromatic carbocycles. The zero-order valence-electron chi connectivity index (χ0n) is 28.1. The second kappa shape index (κ2) is 13.4. The topological polar surface area (TPSA) is 172 Å². The Kier molecular flexibility index (Phi) is 9.53. The highest BCUT2D eigenvalue weighted by atomic mass is 31.2. The fourth-order valence-electron chi connectivity index (χ4n) is 7.34. The lowest BCUT2D eigenvalue weighted by atomic mass is 9.84. The minimum Gasteiger partial charge on any atom is -0.485 e. The van der Waals surface area contributed by atoms with Crippen molar-refractivity contribution >= 4 is 19.6 Å². The SMILES string of the molecule is CC1(C)Oc2ccc(C#N)cc2C(N2CCCC2=O)[C@@H]1OCCCOP(=O)(O)O[C@H]1[C@@H](N2CCCC2=O)c2cc(C#N)ccc2OC1(C)C. The average Bonchev–Trinajstić information content (AvgIpc) is 3.67. The van der Waals surface area contributed by atoms with Crippen LogP contribution in [0, 0.1) is 22.7 Å². The number of hydrogen-bond acceptors (Lipinski definition) is 10. The van der Waals surface area contributed by atoms with Crippen LogP contribution in [0.2, 0.25) is 0 Å². The quantitative estimate of drug-likeness (QED) is 0.260. The van der Waals surface area contributed by atoms with Crippen molar-refractivity contribution in [2.75, 3.05) is 26.3 Å². The Labute approximate surface area is 285 Å². The number of carbonyl (C=O) groups is 2. The van der Waals surface area contributed by atoms with Crippen molar-refractivity contribution in [2.24, 2.45) is 0 Å². The Morgan fingerprint density at radius 2 is 1.33 bits per heavy atom. The summed E-state index contributed by atoms with van der Waals surface area (Å²) in [7, 11) is -4.70. The summed E-state index contributed by atoms with van der Waals surface area (Å²) < 4.78 is 43.6. The number of nitrogens with zero attached hydrogens (tertiary/aromatic N) is 4. The van der Waals surface area contributed by atoms with Crippen LogP contribution >= 0.6 is 7.82 Å². The molecule has 5 atom stereocenters. The molecule has 2 saturated heterocycles. The molecule has 49 heavy (non-hydrogen) atoms. The van der Waals surface area contributed by atoms with Crippen LogP contribution in [0.25, 0.3) is 0 Å². The highest BCUT2D eigenvalue weighted by Gasteiger charge is 2.52. The second-order valence-corrected chi connectivity index (χ2v) is 15.3. The first-order valence-electron chi connectivity index (χ1n) is 16.6. The van der Waals surface area contributed by atoms with E-state index in [1.165, 1.54) is 0 Å². The largest absolute Gasteiger partial charge is 0.485 e. The summed E-state index contributed by atoms with van der Waals surface area (Å²) in [5.41, 5.74) is 0.0461. The maximum Gasteiger partial charge on any atom is 0.472 e. The number of nitriles is 2. The van der Waals surface area contributed by atoms with Gasteiger partial charge in [-0.25, -0.2) is 4.57 Å². The molecule has 2 aromatic rings. The van der Waals surface area contributed by atoms with E-state index < -0.39 is 43.3 Å². The van der Waals surface area contributed by atoms with Gasteiger partial charge in [0.05, 0.1) is 42.0 Å². The molecular formula is C35H41N4O9P. The molecule has 14 heteroatoms. The Bertz CT molecular complexity index is 1770. The van der Waals surface area contributed by atoms with Crippen LogP contribution in [0.4, 0.5) is 0 Å². The third kappa shape index (κ3) is 6.92. The predicted octanol–water partition coefficient (Wildman–Crippen LogP) is 5.08. The van der Waals surface area contributed by atoms with E-state index in [-0.39, 0.29) is 31.4 Å². The molecule has 0 aromatic heterocycles. The van der Waals surface area contributed by atoms with Crippen LogP contribution < -0.4 is 9.47 Å². The van der Waals surface area contributed by atoms with Crippen molar-refractivity contribution in [3.63, 3.8) is 0 Å². The van der Waals surface area contributed by atoms with Gasteiger partial charge in [-0.15, -0.1) is 0 Å². The number of hydrogen-bond donors (Lipinski definition) is 1. The van der Waals surface area contributed by atoms with Gasteiger partial charge in [0, 0.05) is 43.7 Å². The van der Waals surface area contributed by atoms with E-state index in [1.54, 1.807) is 60.0 Å². The Morgan fingerprint density at radius 3 is 1.80 bits per heavy atom. The van der Waals surface area contributed by atoms with Crippen LogP contribution in [0.5, 0.6) is 11.5 Å². The van der Waals surface area contributed by atoms with Gasteiger partial charge in [0.15, 0.2) is 0 Å². The molecule has 2 fully saturated rings. The molecule has 4 heterocycles. The Morgan fingerprint density at radius 1 is 0.837 bits per heavy atom. The summed E-state index contributed by atoms with van der Waals surface area (Å²) in [5.74, 6) is 0.937. The first kappa shape index (κ1) is 34.9. The molecule has 6 rings (SSSR count). The minimum atomic E-state index is -4.70. The summed E-state index contributed by atoms with van der Waals surface area (Å²) in [6.45, 7) is 8.09. The lowest BCUT2D eigenvalue weighted by molar-refractivity contribution is -0.149. The number of phosphoric ester groups is 1. The van der Waals surface area contributed by atoms with E-state index in [0.29, 0.717) is 66.1 Å². The van der Waals surface area contributed by atoms with Gasteiger partial charge in [-0.1, -0.05) is 0 Å². The normalized spacial score (nSPS) is 26.5. The van der Waals surface area contributed by atoms with Gasteiger partial charge in [0.25, 0.3) is 0 Å². The minimum absolute atomic E-state index is 0.00124. The van der Waals surface area contributed by atoms with Crippen molar-refractivity contribution < 1.29 is 42.3 Å². The first-order chi connectivity index (χ1) is 23.2. The first-order valence-corrected chi connectivity index (χ1v) is 18.1. The zero-order valence-corrected chi connectivity index (χ0v) is 29.0. The zero-order chi connectivity index (χ0) is 35.1. The van der Waals surface area contributed by atoms with Gasteiger partial charge < -0.3 is 28.9 Å². The summed E-state index contributed by atoms with van der Waals surface area (Å²) >= 11 is 0. The number of rotatable bonds is 10. The molecule has 2 amide bonds. The summed E-state index contributed by atoms with van der Waals surface area (Å²) in [6.07, 6.45) is 0.621. The molecule has 0 bridgehead atoms. The van der Waals surface area contributed by atoms with Crippen molar-refractivity contribution in [3.8, 4) is 23.6 Å². The van der Waals surface area contributed by atoms with Crippen molar-refractivity contribution in [1.82, 2.24) is 9.80 Å². The standard InChI is InChI=1S/C35H41N4O9P/c1-34(2)32(30(38-14-5-8-28(38)40)24-18-22(20-36)10-12-26(24)46-34)44-16-7-17-45-49(42,43)48-33-31(39-15-6-9-29(39)41)25-19-23(21-37)11-13-27(25)47-35(33,3)4/h10-13,18-19,30-33H,5-9,14-17H2,1-4H3,(H,42,43)/t30?,31-,32-,33-/m0/s1. The number of likely N-dealkylation sites (tertiary alicyclic amines) is 2. The van der Waals surface area contributed by atoms with Crippen molar-refractivity contribution in [2.45, 2.75) is 95.3 Å². The van der Waals surface area contributed by atoms with Gasteiger partial charge >= 0.3 is 7.82 Å². The molecule has 0 saturated carbocycles. The van der Waals surface area contributed by atoms with Gasteiger partial charge in [0.2, 0.25) is 11.8 Å². The van der Waals surface area contributed by atoms with Crippen LogP contribution in [-0.2, 0) is 27.9 Å². The van der Waals surface area contributed by atoms with Gasteiger partial charge in [-0.2, -0.15) is 10.5 Å². The molecule has 13 nitrogen and oxygen atoms in total. The van der Waals surface area contributed by atoms with Crippen LogP contribution in [0.1, 0.15) is 94.1 Å². The van der Waals surface area contributed by atoms with E-state index in [1.807, 2.05) is 13.8 Å². The fourth-order valence-corrected chi connectivity index (χ4v) is 8.42. The highest BCUT2D eigenvalue weighted by molar-refractivity contribution is 7.47. The molecule has 0 radical (unpaired) electrons.